The first-order valence-corrected chi connectivity index (χ1v) is 13.3. The Balaban J connectivity index is 1.25. The molecule has 4 saturated carbocycles. The highest BCUT2D eigenvalue weighted by atomic mass is 32.2. The van der Waals surface area contributed by atoms with Crippen LogP contribution in [-0.2, 0) is 15.6 Å². The van der Waals surface area contributed by atoms with Crippen molar-refractivity contribution in [3.8, 4) is 0 Å². The minimum Gasteiger partial charge on any atom is -0.378 e. The molecule has 4 aliphatic carbocycles. The average Bonchev–Trinajstić information content (AvgIpc) is 3.35. The van der Waals surface area contributed by atoms with E-state index in [0.29, 0.717) is 6.10 Å². The summed E-state index contributed by atoms with van der Waals surface area (Å²) < 4.78 is 6.43. The minimum absolute atomic E-state index is 0.620. The second-order valence-electron chi connectivity index (χ2n) is 10.0. The first-order chi connectivity index (χ1) is 12.3. The molecule has 5 aliphatic rings. The van der Waals surface area contributed by atoms with Crippen molar-refractivity contribution in [3.05, 3.63) is 0 Å². The van der Waals surface area contributed by atoms with Gasteiger partial charge in [-0.1, -0.05) is 26.2 Å². The second-order valence-corrected chi connectivity index (χ2v) is 12.4. The lowest BCUT2D eigenvalue weighted by atomic mass is 9.69. The molecule has 0 N–H and O–H groups in total. The van der Waals surface area contributed by atoms with Crippen molar-refractivity contribution in [2.45, 2.75) is 88.9 Å². The second kappa shape index (κ2) is 7.38. The number of ether oxygens (including phenoxy) is 1. The summed E-state index contributed by atoms with van der Waals surface area (Å²) >= 11 is 0. The third-order valence-electron chi connectivity index (χ3n) is 8.91. The Kier molecular flexibility index (Phi) is 5.14. The predicted molar refractivity (Wildman–Crippen MR) is 108 cm³/mol. The van der Waals surface area contributed by atoms with E-state index < -0.39 is 0 Å². The molecule has 142 valence electrons. The van der Waals surface area contributed by atoms with Gasteiger partial charge in [-0.25, -0.2) is 0 Å². The van der Waals surface area contributed by atoms with Gasteiger partial charge in [0, 0.05) is 24.4 Å². The molecule has 2 bridgehead atoms. The van der Waals surface area contributed by atoms with Gasteiger partial charge in [0.1, 0.15) is 16.8 Å². The van der Waals surface area contributed by atoms with Crippen LogP contribution in [0, 0.1) is 35.5 Å². The molecule has 1 aliphatic heterocycles. The van der Waals surface area contributed by atoms with E-state index in [4.69, 9.17) is 4.74 Å². The average molecular weight is 364 g/mol. The van der Waals surface area contributed by atoms with E-state index in [1.165, 1.54) is 63.2 Å². The normalized spacial score (nSPS) is 51.5. The van der Waals surface area contributed by atoms with Gasteiger partial charge in [-0.3, -0.25) is 0 Å². The molecule has 0 radical (unpaired) electrons. The van der Waals surface area contributed by atoms with E-state index in [0.717, 1.165) is 46.4 Å². The van der Waals surface area contributed by atoms with Crippen molar-refractivity contribution in [1.29, 1.82) is 0 Å². The first-order valence-electron chi connectivity index (χ1n) is 11.6. The van der Waals surface area contributed by atoms with E-state index in [1.807, 2.05) is 0 Å². The SMILES string of the molecule is CCCCOC1CCC([S+]2CC3C4CCC(C4)C3C2)C2CCCCC12. The monoisotopic (exact) mass is 363 g/mol. The Labute approximate surface area is 158 Å². The zero-order valence-electron chi connectivity index (χ0n) is 16.3. The van der Waals surface area contributed by atoms with Gasteiger partial charge in [-0.05, 0) is 80.0 Å². The maximum Gasteiger partial charge on any atom is 0.121 e. The zero-order chi connectivity index (χ0) is 16.8. The fourth-order valence-electron chi connectivity index (χ4n) is 7.73. The summed E-state index contributed by atoms with van der Waals surface area (Å²) in [5.41, 5.74) is 0. The van der Waals surface area contributed by atoms with E-state index in [2.05, 4.69) is 6.92 Å². The Morgan fingerprint density at radius 2 is 1.52 bits per heavy atom. The molecule has 25 heavy (non-hydrogen) atoms. The molecule has 8 atom stereocenters. The molecule has 8 unspecified atom stereocenters. The van der Waals surface area contributed by atoms with Crippen molar-refractivity contribution >= 4 is 10.9 Å². The lowest BCUT2D eigenvalue weighted by Gasteiger charge is -2.44. The van der Waals surface area contributed by atoms with Crippen molar-refractivity contribution in [3.63, 3.8) is 0 Å². The van der Waals surface area contributed by atoms with Crippen LogP contribution >= 0.6 is 0 Å². The van der Waals surface area contributed by atoms with Gasteiger partial charge in [0.2, 0.25) is 0 Å². The highest BCUT2D eigenvalue weighted by Gasteiger charge is 2.59. The van der Waals surface area contributed by atoms with Crippen LogP contribution in [0.1, 0.15) is 77.6 Å². The van der Waals surface area contributed by atoms with Crippen LogP contribution in [0.25, 0.3) is 0 Å². The van der Waals surface area contributed by atoms with Gasteiger partial charge < -0.3 is 4.74 Å². The van der Waals surface area contributed by atoms with Crippen LogP contribution in [0.4, 0.5) is 0 Å². The topological polar surface area (TPSA) is 9.23 Å². The van der Waals surface area contributed by atoms with Crippen LogP contribution in [-0.4, -0.2) is 29.5 Å². The summed E-state index contributed by atoms with van der Waals surface area (Å²) in [6.07, 6.45) is 16.9. The summed E-state index contributed by atoms with van der Waals surface area (Å²) in [5.74, 6) is 9.92. The molecule has 5 rings (SSSR count). The van der Waals surface area contributed by atoms with Gasteiger partial charge in [0.25, 0.3) is 0 Å². The minimum atomic E-state index is 0.620. The number of fused-ring (bicyclic) bond motifs is 6. The third kappa shape index (κ3) is 3.12. The van der Waals surface area contributed by atoms with Crippen molar-refractivity contribution in [2.75, 3.05) is 18.1 Å². The Morgan fingerprint density at radius 1 is 0.800 bits per heavy atom. The van der Waals surface area contributed by atoms with E-state index in [9.17, 15) is 0 Å². The summed E-state index contributed by atoms with van der Waals surface area (Å²) in [6, 6.07) is 0. The highest BCUT2D eigenvalue weighted by molar-refractivity contribution is 7.97. The smallest absolute Gasteiger partial charge is 0.121 e. The van der Waals surface area contributed by atoms with E-state index in [1.54, 1.807) is 30.8 Å². The summed E-state index contributed by atoms with van der Waals surface area (Å²) in [7, 11) is 0.780. The predicted octanol–water partition coefficient (Wildman–Crippen LogP) is 5.43. The van der Waals surface area contributed by atoms with Crippen LogP contribution < -0.4 is 0 Å². The summed E-state index contributed by atoms with van der Waals surface area (Å²) in [4.78, 5) is 0. The molecule has 0 aromatic rings. The van der Waals surface area contributed by atoms with E-state index in [-0.39, 0.29) is 0 Å². The molecular formula is C23H39OS+. The molecule has 1 heterocycles. The Hall–Kier alpha value is 0.310. The van der Waals surface area contributed by atoms with Gasteiger partial charge in [-0.15, -0.1) is 0 Å². The largest absolute Gasteiger partial charge is 0.378 e. The highest BCUT2D eigenvalue weighted by Crippen LogP contribution is 2.58. The molecule has 0 aromatic carbocycles. The third-order valence-corrected chi connectivity index (χ3v) is 12.0. The lowest BCUT2D eigenvalue weighted by Crippen LogP contribution is -2.47. The molecule has 0 spiro atoms. The zero-order valence-corrected chi connectivity index (χ0v) is 17.2. The number of hydrogen-bond acceptors (Lipinski definition) is 1. The number of rotatable bonds is 5. The molecular weight excluding hydrogens is 324 g/mol. The summed E-state index contributed by atoms with van der Waals surface area (Å²) in [6.45, 7) is 3.31. The fraction of sp³-hybridized carbons (Fsp3) is 1.00. The summed E-state index contributed by atoms with van der Waals surface area (Å²) in [5, 5.41) is 1.10. The molecule has 0 amide bonds. The fourth-order valence-corrected chi connectivity index (χ4v) is 11.7. The van der Waals surface area contributed by atoms with Gasteiger partial charge in [0.05, 0.1) is 6.10 Å². The van der Waals surface area contributed by atoms with Gasteiger partial charge >= 0.3 is 0 Å². The van der Waals surface area contributed by atoms with Gasteiger partial charge in [0.15, 0.2) is 0 Å². The van der Waals surface area contributed by atoms with E-state index >= 15 is 0 Å². The van der Waals surface area contributed by atoms with Crippen molar-refractivity contribution in [2.24, 2.45) is 35.5 Å². The molecule has 2 heteroatoms. The lowest BCUT2D eigenvalue weighted by molar-refractivity contribution is -0.0455. The quantitative estimate of drug-likeness (QED) is 0.467. The Morgan fingerprint density at radius 3 is 2.24 bits per heavy atom. The van der Waals surface area contributed by atoms with Crippen LogP contribution in [0.15, 0.2) is 0 Å². The first kappa shape index (κ1) is 17.4. The maximum atomic E-state index is 6.43. The Bertz CT molecular complexity index is 447. The molecule has 1 saturated heterocycles. The van der Waals surface area contributed by atoms with Crippen LogP contribution in [0.3, 0.4) is 0 Å². The molecule has 0 aromatic heterocycles. The number of hydrogen-bond donors (Lipinski definition) is 0. The molecule has 1 nitrogen and oxygen atoms in total. The standard InChI is InChI=1S/C23H39OS/c1-2-3-12-24-22-10-11-23(19-7-5-4-6-18(19)22)25-14-20-16-8-9-17(13-16)21(20)15-25/h16-23H,2-15H2,1H3/q+1. The van der Waals surface area contributed by atoms with Crippen LogP contribution in [0.2, 0.25) is 0 Å². The van der Waals surface area contributed by atoms with Gasteiger partial charge in [-0.2, -0.15) is 0 Å². The van der Waals surface area contributed by atoms with Crippen molar-refractivity contribution < 1.29 is 4.74 Å². The van der Waals surface area contributed by atoms with Crippen molar-refractivity contribution in [1.82, 2.24) is 0 Å². The molecule has 5 fully saturated rings. The van der Waals surface area contributed by atoms with Crippen LogP contribution in [0.5, 0.6) is 0 Å². The maximum absolute atomic E-state index is 6.43. The number of unbranched alkanes of at least 4 members (excludes halogenated alkanes) is 1.